The van der Waals surface area contributed by atoms with Gasteiger partial charge in [-0.1, -0.05) is 0 Å². The highest BCUT2D eigenvalue weighted by Crippen LogP contribution is 2.33. The van der Waals surface area contributed by atoms with Crippen molar-refractivity contribution in [2.75, 3.05) is 0 Å². The van der Waals surface area contributed by atoms with Crippen LogP contribution < -0.4 is 0 Å². The summed E-state index contributed by atoms with van der Waals surface area (Å²) in [5, 5.41) is 9.03. The van der Waals surface area contributed by atoms with Gasteiger partial charge in [-0.05, 0) is 32.0 Å². The molecule has 0 atom stereocenters. The smallest absolute Gasteiger partial charge is 0.319 e. The van der Waals surface area contributed by atoms with Crippen LogP contribution in [0.3, 0.4) is 0 Å². The molecule has 0 aliphatic heterocycles. The number of nitrogens with zero attached hydrogens (tertiary/aromatic N) is 1. The summed E-state index contributed by atoms with van der Waals surface area (Å²) < 4.78 is -0.826. The van der Waals surface area contributed by atoms with E-state index in [2.05, 4.69) is 9.97 Å². The van der Waals surface area contributed by atoms with E-state index in [1.807, 2.05) is 18.2 Å². The van der Waals surface area contributed by atoms with Crippen LogP contribution in [0, 0.1) is 0 Å². The van der Waals surface area contributed by atoms with Gasteiger partial charge in [-0.3, -0.25) is 4.79 Å². The molecule has 1 aromatic heterocycles. The van der Waals surface area contributed by atoms with Gasteiger partial charge in [0.2, 0.25) is 0 Å². The van der Waals surface area contributed by atoms with Gasteiger partial charge in [-0.2, -0.15) is 0 Å². The molecule has 16 heavy (non-hydrogen) atoms. The van der Waals surface area contributed by atoms with Crippen LogP contribution in [-0.2, 0) is 4.79 Å². The Morgan fingerprint density at radius 1 is 1.50 bits per heavy atom. The third kappa shape index (κ3) is 2.04. The predicted molar refractivity (Wildman–Crippen MR) is 63.7 cm³/mol. The third-order valence-corrected chi connectivity index (χ3v) is 3.45. The second-order valence-electron chi connectivity index (χ2n) is 4.00. The van der Waals surface area contributed by atoms with Crippen molar-refractivity contribution in [3.63, 3.8) is 0 Å². The van der Waals surface area contributed by atoms with Crippen molar-refractivity contribution in [1.29, 1.82) is 0 Å². The summed E-state index contributed by atoms with van der Waals surface area (Å²) in [6.45, 7) is 3.38. The molecule has 2 N–H and O–H groups in total. The molecular formula is C11H12N2O2S. The fourth-order valence-electron chi connectivity index (χ4n) is 1.32. The minimum atomic E-state index is -0.826. The quantitative estimate of drug-likeness (QED) is 0.804. The van der Waals surface area contributed by atoms with Gasteiger partial charge in [0.25, 0.3) is 0 Å². The van der Waals surface area contributed by atoms with E-state index >= 15 is 0 Å². The molecule has 0 bridgehead atoms. The number of aromatic nitrogens is 2. The number of carboxylic acids is 1. The Balaban J connectivity index is 2.30. The Labute approximate surface area is 97.1 Å². The Kier molecular flexibility index (Phi) is 2.63. The number of carbonyl (C=O) groups is 1. The number of fused-ring (bicyclic) bond motifs is 1. The van der Waals surface area contributed by atoms with Crippen LogP contribution in [-0.4, -0.2) is 25.8 Å². The molecule has 0 aliphatic carbocycles. The van der Waals surface area contributed by atoms with E-state index in [0.717, 1.165) is 15.9 Å². The largest absolute Gasteiger partial charge is 0.480 e. The first kappa shape index (κ1) is 11.0. The van der Waals surface area contributed by atoms with E-state index in [4.69, 9.17) is 5.11 Å². The lowest BCUT2D eigenvalue weighted by molar-refractivity contribution is -0.138. The molecule has 5 heteroatoms. The molecule has 1 heterocycles. The van der Waals surface area contributed by atoms with Crippen molar-refractivity contribution in [1.82, 2.24) is 9.97 Å². The topological polar surface area (TPSA) is 66.0 Å². The summed E-state index contributed by atoms with van der Waals surface area (Å²) in [7, 11) is 0. The minimum Gasteiger partial charge on any atom is -0.480 e. The van der Waals surface area contributed by atoms with Gasteiger partial charge in [0, 0.05) is 4.90 Å². The van der Waals surface area contributed by atoms with Crippen molar-refractivity contribution >= 4 is 28.8 Å². The van der Waals surface area contributed by atoms with Gasteiger partial charge in [-0.15, -0.1) is 11.8 Å². The lowest BCUT2D eigenvalue weighted by Gasteiger charge is -2.18. The molecule has 0 amide bonds. The van der Waals surface area contributed by atoms with Crippen molar-refractivity contribution in [3.8, 4) is 0 Å². The van der Waals surface area contributed by atoms with E-state index < -0.39 is 10.7 Å². The molecule has 4 nitrogen and oxygen atoms in total. The molecule has 2 rings (SSSR count). The highest BCUT2D eigenvalue weighted by Gasteiger charge is 2.28. The fourth-order valence-corrected chi connectivity index (χ4v) is 2.31. The Bertz CT molecular complexity index is 534. The Morgan fingerprint density at radius 3 is 2.94 bits per heavy atom. The predicted octanol–water partition coefficient (Wildman–Crippen LogP) is 2.52. The number of nitrogens with one attached hydrogen (secondary N) is 1. The summed E-state index contributed by atoms with van der Waals surface area (Å²) in [5.74, 6) is -0.817. The lowest BCUT2D eigenvalue weighted by Crippen LogP contribution is -2.26. The zero-order valence-corrected chi connectivity index (χ0v) is 9.84. The van der Waals surface area contributed by atoms with E-state index in [1.54, 1.807) is 20.2 Å². The molecule has 0 radical (unpaired) electrons. The number of hydrogen-bond acceptors (Lipinski definition) is 3. The first-order valence-electron chi connectivity index (χ1n) is 4.84. The molecule has 0 saturated heterocycles. The summed E-state index contributed by atoms with van der Waals surface area (Å²) in [6.07, 6.45) is 1.63. The van der Waals surface area contributed by atoms with Gasteiger partial charge >= 0.3 is 5.97 Å². The molecular weight excluding hydrogens is 224 g/mol. The maximum Gasteiger partial charge on any atom is 0.319 e. The van der Waals surface area contributed by atoms with Gasteiger partial charge in [0.05, 0.1) is 17.4 Å². The number of rotatable bonds is 3. The number of carboxylic acid groups (broad SMARTS) is 1. The Hall–Kier alpha value is -1.49. The maximum atomic E-state index is 11.0. The molecule has 0 fully saturated rings. The van der Waals surface area contributed by atoms with Crippen LogP contribution >= 0.6 is 11.8 Å². The Morgan fingerprint density at radius 2 is 2.25 bits per heavy atom. The summed E-state index contributed by atoms with van der Waals surface area (Å²) >= 11 is 1.32. The van der Waals surface area contributed by atoms with E-state index in [9.17, 15) is 4.79 Å². The van der Waals surface area contributed by atoms with Crippen molar-refractivity contribution < 1.29 is 9.90 Å². The molecule has 0 aliphatic rings. The summed E-state index contributed by atoms with van der Waals surface area (Å²) in [6, 6.07) is 5.68. The normalized spacial score (nSPS) is 11.9. The van der Waals surface area contributed by atoms with Crippen LogP contribution in [0.2, 0.25) is 0 Å². The highest BCUT2D eigenvalue weighted by molar-refractivity contribution is 8.01. The fraction of sp³-hybridized carbons (Fsp3) is 0.273. The van der Waals surface area contributed by atoms with Gasteiger partial charge in [-0.25, -0.2) is 4.98 Å². The van der Waals surface area contributed by atoms with Crippen molar-refractivity contribution in [3.05, 3.63) is 24.5 Å². The number of aromatic amines is 1. The molecule has 2 aromatic rings. The number of benzene rings is 1. The number of thioether (sulfide) groups is 1. The molecule has 84 valence electrons. The van der Waals surface area contributed by atoms with E-state index in [1.165, 1.54) is 11.8 Å². The van der Waals surface area contributed by atoms with Crippen LogP contribution in [0.25, 0.3) is 11.0 Å². The third-order valence-electron chi connectivity index (χ3n) is 2.28. The van der Waals surface area contributed by atoms with Gasteiger partial charge in [0.15, 0.2) is 0 Å². The van der Waals surface area contributed by atoms with Crippen molar-refractivity contribution in [2.24, 2.45) is 0 Å². The SMILES string of the molecule is CC(C)(Sc1ccc2nc[nH]c2c1)C(=O)O. The van der Waals surface area contributed by atoms with Crippen LogP contribution in [0.15, 0.2) is 29.4 Å². The molecule has 1 aromatic carbocycles. The first-order valence-corrected chi connectivity index (χ1v) is 5.66. The maximum absolute atomic E-state index is 11.0. The van der Waals surface area contributed by atoms with Crippen LogP contribution in [0.1, 0.15) is 13.8 Å². The van der Waals surface area contributed by atoms with Crippen LogP contribution in [0.4, 0.5) is 0 Å². The molecule has 0 spiro atoms. The van der Waals surface area contributed by atoms with E-state index in [0.29, 0.717) is 0 Å². The second-order valence-corrected chi connectivity index (χ2v) is 5.70. The van der Waals surface area contributed by atoms with E-state index in [-0.39, 0.29) is 0 Å². The zero-order valence-electron chi connectivity index (χ0n) is 9.02. The lowest BCUT2D eigenvalue weighted by atomic mass is 10.2. The van der Waals surface area contributed by atoms with Gasteiger partial charge in [0.1, 0.15) is 4.75 Å². The summed E-state index contributed by atoms with van der Waals surface area (Å²) in [5.41, 5.74) is 1.81. The number of H-pyrrole nitrogens is 1. The second kappa shape index (κ2) is 3.83. The first-order chi connectivity index (χ1) is 7.49. The summed E-state index contributed by atoms with van der Waals surface area (Å²) in [4.78, 5) is 19.0. The molecule has 0 saturated carbocycles. The minimum absolute atomic E-state index is 0.817. The average Bonchev–Trinajstić information content (AvgIpc) is 2.63. The van der Waals surface area contributed by atoms with Gasteiger partial charge < -0.3 is 10.1 Å². The van der Waals surface area contributed by atoms with Crippen LogP contribution in [0.5, 0.6) is 0 Å². The monoisotopic (exact) mass is 236 g/mol. The number of imidazole rings is 1. The number of hydrogen-bond donors (Lipinski definition) is 2. The average molecular weight is 236 g/mol. The highest BCUT2D eigenvalue weighted by atomic mass is 32.2. The number of aliphatic carboxylic acids is 1. The zero-order chi connectivity index (χ0) is 11.8. The standard InChI is InChI=1S/C11H12N2O2S/c1-11(2,10(14)15)16-7-3-4-8-9(5-7)13-6-12-8/h3-6H,1-2H3,(H,12,13)(H,14,15). The van der Waals surface area contributed by atoms with Crippen molar-refractivity contribution in [2.45, 2.75) is 23.5 Å². The molecule has 0 unspecified atom stereocenters.